The van der Waals surface area contributed by atoms with Crippen molar-refractivity contribution in [2.24, 2.45) is 0 Å². The number of hydrogen-bond acceptors (Lipinski definition) is 5. The van der Waals surface area contributed by atoms with Gasteiger partial charge in [0.25, 0.3) is 0 Å². The second-order valence-electron chi connectivity index (χ2n) is 4.13. The molecule has 17 heavy (non-hydrogen) atoms. The average Bonchev–Trinajstić information content (AvgIpc) is 2.38. The van der Waals surface area contributed by atoms with Gasteiger partial charge in [-0.1, -0.05) is 6.42 Å². The van der Waals surface area contributed by atoms with E-state index in [1.807, 2.05) is 0 Å². The van der Waals surface area contributed by atoms with Crippen LogP contribution in [0.3, 0.4) is 0 Å². The molecule has 0 saturated carbocycles. The number of hydrogen-bond donors (Lipinski definition) is 1. The third-order valence-electron chi connectivity index (χ3n) is 2.70. The Morgan fingerprint density at radius 2 is 2.12 bits per heavy atom. The summed E-state index contributed by atoms with van der Waals surface area (Å²) < 4.78 is 15.3. The van der Waals surface area contributed by atoms with Gasteiger partial charge in [0.2, 0.25) is 0 Å². The molecule has 1 heterocycles. The fourth-order valence-corrected chi connectivity index (χ4v) is 1.73. The summed E-state index contributed by atoms with van der Waals surface area (Å²) in [5, 5.41) is 3.17. The fourth-order valence-electron chi connectivity index (χ4n) is 1.73. The Morgan fingerprint density at radius 1 is 1.24 bits per heavy atom. The van der Waals surface area contributed by atoms with E-state index in [9.17, 15) is 4.79 Å². The zero-order chi connectivity index (χ0) is 12.3. The Kier molecular flexibility index (Phi) is 7.96. The summed E-state index contributed by atoms with van der Waals surface area (Å²) in [7, 11) is 1.64. The lowest BCUT2D eigenvalue weighted by Crippen LogP contribution is -2.41. The number of carbonyl (C=O) groups is 1. The molecule has 0 aromatic heterocycles. The molecular formula is C12H23NO4. The van der Waals surface area contributed by atoms with Crippen molar-refractivity contribution >= 4 is 5.97 Å². The van der Waals surface area contributed by atoms with Crippen LogP contribution in [-0.4, -0.2) is 52.1 Å². The number of rotatable bonds is 8. The van der Waals surface area contributed by atoms with Crippen molar-refractivity contribution in [3.05, 3.63) is 0 Å². The van der Waals surface area contributed by atoms with E-state index in [0.29, 0.717) is 26.4 Å². The maximum Gasteiger partial charge on any atom is 0.323 e. The molecule has 1 aliphatic rings. The average molecular weight is 245 g/mol. The highest BCUT2D eigenvalue weighted by molar-refractivity contribution is 5.75. The summed E-state index contributed by atoms with van der Waals surface area (Å²) >= 11 is 0. The summed E-state index contributed by atoms with van der Waals surface area (Å²) in [5.74, 6) is -0.124. The van der Waals surface area contributed by atoms with Crippen LogP contribution in [0.25, 0.3) is 0 Å². The molecule has 1 rings (SSSR count). The summed E-state index contributed by atoms with van der Waals surface area (Å²) in [6.07, 6.45) is 3.88. The molecule has 0 aromatic carbocycles. The van der Waals surface area contributed by atoms with Crippen molar-refractivity contribution in [1.82, 2.24) is 5.32 Å². The number of nitrogens with one attached hydrogen (secondary N) is 1. The molecule has 100 valence electrons. The largest absolute Gasteiger partial charge is 0.464 e. The van der Waals surface area contributed by atoms with E-state index in [-0.39, 0.29) is 12.0 Å². The van der Waals surface area contributed by atoms with Crippen LogP contribution in [0.15, 0.2) is 0 Å². The van der Waals surface area contributed by atoms with Crippen LogP contribution in [0.2, 0.25) is 0 Å². The van der Waals surface area contributed by atoms with Crippen LogP contribution in [0.1, 0.15) is 25.7 Å². The second-order valence-corrected chi connectivity index (χ2v) is 4.13. The van der Waals surface area contributed by atoms with Crippen LogP contribution in [0.4, 0.5) is 0 Å². The van der Waals surface area contributed by atoms with Crippen molar-refractivity contribution in [1.29, 1.82) is 0 Å². The van der Waals surface area contributed by atoms with Crippen LogP contribution >= 0.6 is 0 Å². The predicted octanol–water partition coefficient (Wildman–Crippen LogP) is 0.725. The van der Waals surface area contributed by atoms with Crippen LogP contribution in [0, 0.1) is 0 Å². The van der Waals surface area contributed by atoms with Gasteiger partial charge < -0.3 is 19.5 Å². The fraction of sp³-hybridized carbons (Fsp3) is 0.917. The van der Waals surface area contributed by atoms with Crippen molar-refractivity contribution in [2.75, 3.05) is 40.1 Å². The van der Waals surface area contributed by atoms with Gasteiger partial charge in [0.05, 0.1) is 19.8 Å². The molecule has 0 aliphatic carbocycles. The normalized spacial score (nSPS) is 20.2. The van der Waals surface area contributed by atoms with E-state index in [2.05, 4.69) is 5.32 Å². The first-order valence-corrected chi connectivity index (χ1v) is 6.31. The molecule has 0 radical (unpaired) electrons. The van der Waals surface area contributed by atoms with Gasteiger partial charge >= 0.3 is 5.97 Å². The zero-order valence-corrected chi connectivity index (χ0v) is 10.6. The molecule has 5 nitrogen and oxygen atoms in total. The highest BCUT2D eigenvalue weighted by Crippen LogP contribution is 2.08. The molecule has 1 fully saturated rings. The molecule has 1 N–H and O–H groups in total. The third-order valence-corrected chi connectivity index (χ3v) is 2.70. The molecule has 0 amide bonds. The van der Waals surface area contributed by atoms with Gasteiger partial charge in [-0.15, -0.1) is 0 Å². The summed E-state index contributed by atoms with van der Waals surface area (Å²) in [6, 6.07) is -0.0989. The predicted molar refractivity (Wildman–Crippen MR) is 63.9 cm³/mol. The van der Waals surface area contributed by atoms with Crippen LogP contribution in [0.5, 0.6) is 0 Å². The summed E-state index contributed by atoms with van der Waals surface area (Å²) in [5.41, 5.74) is 0. The zero-order valence-electron chi connectivity index (χ0n) is 10.6. The Balaban J connectivity index is 1.92. The Bertz CT molecular complexity index is 205. The van der Waals surface area contributed by atoms with E-state index in [0.717, 1.165) is 32.2 Å². The highest BCUT2D eigenvalue weighted by Gasteiger charge is 2.21. The molecule has 1 atom stereocenters. The lowest BCUT2D eigenvalue weighted by molar-refractivity contribution is -0.147. The van der Waals surface area contributed by atoms with Crippen LogP contribution in [-0.2, 0) is 19.0 Å². The first-order valence-electron chi connectivity index (χ1n) is 6.31. The quantitative estimate of drug-likeness (QED) is 0.504. The smallest absolute Gasteiger partial charge is 0.323 e. The summed E-state index contributed by atoms with van der Waals surface area (Å²) in [6.45, 7) is 3.15. The van der Waals surface area contributed by atoms with Gasteiger partial charge in [0.1, 0.15) is 6.04 Å². The van der Waals surface area contributed by atoms with E-state index in [1.54, 1.807) is 7.11 Å². The Morgan fingerprint density at radius 3 is 2.82 bits per heavy atom. The summed E-state index contributed by atoms with van der Waals surface area (Å²) in [4.78, 5) is 11.6. The lowest BCUT2D eigenvalue weighted by Gasteiger charge is -2.21. The molecule has 0 unspecified atom stereocenters. The van der Waals surface area contributed by atoms with Crippen molar-refractivity contribution in [3.8, 4) is 0 Å². The molecule has 0 aromatic rings. The van der Waals surface area contributed by atoms with Gasteiger partial charge in [-0.05, 0) is 19.4 Å². The van der Waals surface area contributed by atoms with Gasteiger partial charge in [0.15, 0.2) is 0 Å². The van der Waals surface area contributed by atoms with E-state index >= 15 is 0 Å². The number of carbonyl (C=O) groups excluding carboxylic acids is 1. The minimum Gasteiger partial charge on any atom is -0.464 e. The SMILES string of the molecule is COCCOCCCOC(=O)[C@@H]1CCCCN1. The van der Waals surface area contributed by atoms with E-state index in [1.165, 1.54) is 0 Å². The van der Waals surface area contributed by atoms with Crippen molar-refractivity contribution < 1.29 is 19.0 Å². The Labute approximate surface area is 103 Å². The van der Waals surface area contributed by atoms with E-state index < -0.39 is 0 Å². The highest BCUT2D eigenvalue weighted by atomic mass is 16.5. The first-order chi connectivity index (χ1) is 8.34. The standard InChI is InChI=1S/C12H23NO4/c1-15-9-10-16-7-4-8-17-12(14)11-5-2-3-6-13-11/h11,13H,2-10H2,1H3/t11-/m0/s1. The molecule has 1 saturated heterocycles. The minimum absolute atomic E-state index is 0.0989. The third kappa shape index (κ3) is 6.61. The van der Waals surface area contributed by atoms with Crippen LogP contribution < -0.4 is 5.32 Å². The van der Waals surface area contributed by atoms with Crippen molar-refractivity contribution in [2.45, 2.75) is 31.7 Å². The maximum absolute atomic E-state index is 11.6. The maximum atomic E-state index is 11.6. The topological polar surface area (TPSA) is 56.8 Å². The molecule has 0 bridgehead atoms. The molecule has 1 aliphatic heterocycles. The number of piperidine rings is 1. The van der Waals surface area contributed by atoms with Gasteiger partial charge in [-0.25, -0.2) is 0 Å². The minimum atomic E-state index is -0.124. The van der Waals surface area contributed by atoms with Gasteiger partial charge in [0, 0.05) is 20.1 Å². The second kappa shape index (κ2) is 9.39. The molecule has 0 spiro atoms. The van der Waals surface area contributed by atoms with E-state index in [4.69, 9.17) is 14.2 Å². The monoisotopic (exact) mass is 245 g/mol. The lowest BCUT2D eigenvalue weighted by atomic mass is 10.1. The molecule has 5 heteroatoms. The van der Waals surface area contributed by atoms with Gasteiger partial charge in [-0.2, -0.15) is 0 Å². The van der Waals surface area contributed by atoms with Crippen molar-refractivity contribution in [3.63, 3.8) is 0 Å². The number of methoxy groups -OCH3 is 1. The molecular weight excluding hydrogens is 222 g/mol. The van der Waals surface area contributed by atoms with Gasteiger partial charge in [-0.3, -0.25) is 4.79 Å². The Hall–Kier alpha value is -0.650. The first kappa shape index (κ1) is 14.4. The number of esters is 1. The number of ether oxygens (including phenoxy) is 3.